The summed E-state index contributed by atoms with van der Waals surface area (Å²) in [6, 6.07) is 189. The van der Waals surface area contributed by atoms with Crippen molar-refractivity contribution in [1.82, 2.24) is 0 Å². The highest BCUT2D eigenvalue weighted by molar-refractivity contribution is 6.00. The molecule has 0 bridgehead atoms. The molecule has 20 aromatic rings. The van der Waals surface area contributed by atoms with Gasteiger partial charge in [0.05, 0.1) is 22.2 Å². The second-order valence-electron chi connectivity index (χ2n) is 32.5. The van der Waals surface area contributed by atoms with E-state index in [9.17, 15) is 0 Å². The van der Waals surface area contributed by atoms with E-state index in [2.05, 4.69) is 519 Å². The fourth-order valence-corrected chi connectivity index (χ4v) is 19.8. The van der Waals surface area contributed by atoms with Crippen LogP contribution in [0.4, 0.5) is 34.1 Å². The van der Waals surface area contributed by atoms with E-state index < -0.39 is 10.8 Å². The second-order valence-corrected chi connectivity index (χ2v) is 32.5. The zero-order chi connectivity index (χ0) is 82.3. The Kier molecular flexibility index (Phi) is 19.1. The molecule has 22 rings (SSSR count). The molecule has 2 aliphatic carbocycles. The van der Waals surface area contributed by atoms with Gasteiger partial charge in [0.25, 0.3) is 0 Å². The molecule has 0 amide bonds. The molecule has 582 valence electrons. The third kappa shape index (κ3) is 13.2. The summed E-state index contributed by atoms with van der Waals surface area (Å²) in [6.45, 7) is 0. The Morgan fingerprint density at radius 2 is 0.331 bits per heavy atom. The zero-order valence-electron chi connectivity index (χ0n) is 68.4. The highest BCUT2D eigenvalue weighted by Gasteiger charge is 2.49. The van der Waals surface area contributed by atoms with Crippen LogP contribution >= 0.6 is 0 Å². The van der Waals surface area contributed by atoms with Crippen LogP contribution in [0.25, 0.3) is 122 Å². The molecule has 0 spiro atoms. The van der Waals surface area contributed by atoms with E-state index >= 15 is 0 Å². The Morgan fingerprint density at radius 1 is 0.121 bits per heavy atom. The third-order valence-electron chi connectivity index (χ3n) is 25.7. The van der Waals surface area contributed by atoms with Crippen molar-refractivity contribution in [3.05, 3.63) is 554 Å². The van der Waals surface area contributed by atoms with Crippen molar-refractivity contribution in [1.29, 1.82) is 0 Å². The summed E-state index contributed by atoms with van der Waals surface area (Å²) in [5.41, 5.74) is 40.6. The predicted octanol–water partition coefficient (Wildman–Crippen LogP) is 32.4. The smallest absolute Gasteiger partial charge is 0.0714 e. The molecule has 124 heavy (non-hydrogen) atoms. The summed E-state index contributed by atoms with van der Waals surface area (Å²) >= 11 is 0. The van der Waals surface area contributed by atoms with E-state index in [0.29, 0.717) is 0 Å². The van der Waals surface area contributed by atoms with Crippen molar-refractivity contribution >= 4 is 34.1 Å². The number of hydrogen-bond acceptors (Lipinski definition) is 2. The monoisotopic (exact) mass is 1580 g/mol. The van der Waals surface area contributed by atoms with E-state index in [0.717, 1.165) is 112 Å². The quantitative estimate of drug-likeness (QED) is 0.0796. The standard InChI is InChI=1S/C122H84N2/c1-9-31-85(32-10-1)90-63-71-105(72-64-90)123(106-73-65-91(66-74-106)86-33-11-2-12-34-86)119-83-117-113(109-51-25-27-53-115(109)121(117,101-43-17-5-18-44-101)102-45-19-6-20-46-102)81-111(119)96-61-59-95(60-62-96)98-40-29-39-97(79-98)94-57-55-89(56-58-94)93-69-77-108(78-70-93)124(107-75-67-92(68-76-107)87-35-13-3-14-36-87)120-84-118-114(82-112(120)100-42-30-41-99(80-100)88-37-15-4-16-38-88)110-52-26-28-54-116(110)122(118,103-47-21-7-22-48-103)104-49-23-8-24-50-104/h1-84H. The first-order chi connectivity index (χ1) is 61.5. The maximum Gasteiger partial charge on any atom is 0.0714 e. The third-order valence-corrected chi connectivity index (χ3v) is 25.7. The Morgan fingerprint density at radius 3 is 0.637 bits per heavy atom. The van der Waals surface area contributed by atoms with Crippen LogP contribution in [0.5, 0.6) is 0 Å². The normalized spacial score (nSPS) is 12.5. The lowest BCUT2D eigenvalue weighted by Gasteiger charge is -2.35. The average Bonchev–Trinajstić information content (AvgIpc) is 1.65. The molecule has 0 saturated heterocycles. The van der Waals surface area contributed by atoms with E-state index in [-0.39, 0.29) is 0 Å². The van der Waals surface area contributed by atoms with Crippen molar-refractivity contribution in [2.24, 2.45) is 0 Å². The van der Waals surface area contributed by atoms with Crippen LogP contribution in [0.3, 0.4) is 0 Å². The summed E-state index contributed by atoms with van der Waals surface area (Å²) in [4.78, 5) is 4.98. The van der Waals surface area contributed by atoms with Gasteiger partial charge in [-0.15, -0.1) is 0 Å². The van der Waals surface area contributed by atoms with Gasteiger partial charge in [0.2, 0.25) is 0 Å². The molecular formula is C122H84N2. The molecule has 0 aliphatic heterocycles. The SMILES string of the molecule is c1ccc(-c2ccc(N(c3ccc(-c4ccccc4)cc3)c3cc4c(cc3-c3ccc(-c5cccc(-c6ccc(-c7ccc(N(c8ccc(-c9ccccc9)cc8)c8cc9c(cc8-c8cccc(-c%10ccccc%10)c8)-c8ccccc8C9(c8ccccc8)c8ccccc8)cc7)cc6)c5)cc3)-c3ccccc3C4(c3ccccc3)c3ccccc3)cc2)cc1. The topological polar surface area (TPSA) is 6.48 Å². The van der Waals surface area contributed by atoms with Gasteiger partial charge in [-0.2, -0.15) is 0 Å². The van der Waals surface area contributed by atoms with Gasteiger partial charge in [-0.25, -0.2) is 0 Å². The molecule has 0 fully saturated rings. The first kappa shape index (κ1) is 74.3. The Hall–Kier alpha value is -16.0. The highest BCUT2D eigenvalue weighted by atomic mass is 15.2. The van der Waals surface area contributed by atoms with Gasteiger partial charge >= 0.3 is 0 Å². The van der Waals surface area contributed by atoms with Gasteiger partial charge in [0.15, 0.2) is 0 Å². The summed E-state index contributed by atoms with van der Waals surface area (Å²) in [5.74, 6) is 0. The fraction of sp³-hybridized carbons (Fsp3) is 0.0164. The molecule has 2 nitrogen and oxygen atoms in total. The number of hydrogen-bond donors (Lipinski definition) is 0. The van der Waals surface area contributed by atoms with E-state index in [1.165, 1.54) is 89.0 Å². The molecule has 0 atom stereocenters. The number of anilines is 6. The van der Waals surface area contributed by atoms with Crippen LogP contribution in [0.1, 0.15) is 44.5 Å². The lowest BCUT2D eigenvalue weighted by molar-refractivity contribution is 0.768. The van der Waals surface area contributed by atoms with Crippen LogP contribution in [0.2, 0.25) is 0 Å². The predicted molar refractivity (Wildman–Crippen MR) is 519 cm³/mol. The number of fused-ring (bicyclic) bond motifs is 6. The van der Waals surface area contributed by atoms with Crippen molar-refractivity contribution in [3.63, 3.8) is 0 Å². The van der Waals surface area contributed by atoms with Gasteiger partial charge < -0.3 is 9.80 Å². The lowest BCUT2D eigenvalue weighted by Crippen LogP contribution is -2.28. The van der Waals surface area contributed by atoms with Crippen molar-refractivity contribution < 1.29 is 0 Å². The van der Waals surface area contributed by atoms with Gasteiger partial charge in [-0.1, -0.05) is 425 Å². The van der Waals surface area contributed by atoms with Gasteiger partial charge in [-0.05, 0) is 241 Å². The molecule has 0 aromatic heterocycles. The molecule has 20 aromatic carbocycles. The Bertz CT molecular complexity index is 7060. The fourth-order valence-electron chi connectivity index (χ4n) is 19.8. The molecule has 2 heteroatoms. The molecule has 2 aliphatic rings. The Balaban J connectivity index is 0.636. The summed E-state index contributed by atoms with van der Waals surface area (Å²) in [5, 5.41) is 0. The van der Waals surface area contributed by atoms with Crippen LogP contribution in [-0.4, -0.2) is 0 Å². The maximum atomic E-state index is 2.53. The minimum absolute atomic E-state index is 0.631. The molecule has 0 unspecified atom stereocenters. The van der Waals surface area contributed by atoms with Gasteiger partial charge in [0.1, 0.15) is 0 Å². The van der Waals surface area contributed by atoms with Crippen molar-refractivity contribution in [2.75, 3.05) is 9.80 Å². The first-order valence-electron chi connectivity index (χ1n) is 42.9. The summed E-state index contributed by atoms with van der Waals surface area (Å²) in [6.07, 6.45) is 0. The maximum absolute atomic E-state index is 2.53. The number of rotatable bonds is 19. The van der Waals surface area contributed by atoms with Crippen LogP contribution in [0.15, 0.2) is 510 Å². The molecular weight excluding hydrogens is 1490 g/mol. The van der Waals surface area contributed by atoms with E-state index in [1.54, 1.807) is 0 Å². The van der Waals surface area contributed by atoms with E-state index in [4.69, 9.17) is 0 Å². The minimum atomic E-state index is -0.633. The number of benzene rings is 20. The van der Waals surface area contributed by atoms with Crippen molar-refractivity contribution in [2.45, 2.75) is 10.8 Å². The first-order valence-corrected chi connectivity index (χ1v) is 42.9. The molecule has 0 N–H and O–H groups in total. The minimum Gasteiger partial charge on any atom is -0.310 e. The molecule has 0 radical (unpaired) electrons. The molecule has 0 heterocycles. The van der Waals surface area contributed by atoms with Crippen LogP contribution < -0.4 is 9.80 Å². The van der Waals surface area contributed by atoms with Crippen LogP contribution in [-0.2, 0) is 10.8 Å². The zero-order valence-corrected chi connectivity index (χ0v) is 68.4. The van der Waals surface area contributed by atoms with E-state index in [1.807, 2.05) is 0 Å². The van der Waals surface area contributed by atoms with Gasteiger partial charge in [-0.3, -0.25) is 0 Å². The second kappa shape index (κ2) is 31.9. The number of nitrogens with zero attached hydrogens (tertiary/aromatic N) is 2. The van der Waals surface area contributed by atoms with Crippen LogP contribution in [0, 0.1) is 0 Å². The van der Waals surface area contributed by atoms with Crippen molar-refractivity contribution in [3.8, 4) is 122 Å². The average molecular weight is 1580 g/mol. The van der Waals surface area contributed by atoms with Gasteiger partial charge in [0, 0.05) is 33.9 Å². The highest BCUT2D eigenvalue weighted by Crippen LogP contribution is 2.62. The summed E-state index contributed by atoms with van der Waals surface area (Å²) < 4.78 is 0. The summed E-state index contributed by atoms with van der Waals surface area (Å²) in [7, 11) is 0. The largest absolute Gasteiger partial charge is 0.310 e. The lowest BCUT2D eigenvalue weighted by atomic mass is 9.67. The Labute approximate surface area is 726 Å². The molecule has 0 saturated carbocycles.